The molecule has 2 fully saturated rings. The minimum Gasteiger partial charge on any atom is -0.0655 e. The van der Waals surface area contributed by atoms with Crippen molar-refractivity contribution in [1.29, 1.82) is 0 Å². The van der Waals surface area contributed by atoms with Crippen LogP contribution < -0.4 is 0 Å². The molecule has 0 aromatic carbocycles. The zero-order valence-electron chi connectivity index (χ0n) is 8.44. The third kappa shape index (κ3) is 1.55. The first-order valence-electron chi connectivity index (χ1n) is 5.85. The predicted molar refractivity (Wildman–Crippen MR) is 56.2 cm³/mol. The Hall–Kier alpha value is 0.0649. The first kappa shape index (κ1) is 8.65. The second-order valence-corrected chi connectivity index (χ2v) is 5.06. The molecule has 68 valence electrons. The van der Waals surface area contributed by atoms with Gasteiger partial charge in [-0.1, -0.05) is 69.4 Å². The average Bonchev–Trinajstić information content (AvgIpc) is 2.47. The van der Waals surface area contributed by atoms with Gasteiger partial charge in [-0.3, -0.25) is 0 Å². The minimum absolute atomic E-state index is 0.811. The fraction of sp³-hybridized carbons (Fsp3) is 1.00. The molecule has 2 unspecified atom stereocenters. The highest BCUT2D eigenvalue weighted by atomic mass is 14.3. The van der Waals surface area contributed by atoms with Crippen molar-refractivity contribution in [3.8, 4) is 0 Å². The van der Waals surface area contributed by atoms with Crippen LogP contribution in [0.25, 0.3) is 0 Å². The molecule has 1 heteroatoms. The first-order valence-corrected chi connectivity index (χ1v) is 5.85. The van der Waals surface area contributed by atoms with Crippen LogP contribution in [0.3, 0.4) is 0 Å². The first-order chi connectivity index (χ1) is 5.85. The summed E-state index contributed by atoms with van der Waals surface area (Å²) in [5, 5.41) is 0.811. The lowest BCUT2D eigenvalue weighted by atomic mass is 9.47. The molecule has 0 saturated carbocycles. The molecular formula is C11H21B. The van der Waals surface area contributed by atoms with E-state index in [9.17, 15) is 0 Å². The predicted octanol–water partition coefficient (Wildman–Crippen LogP) is 3.54. The Bertz CT molecular complexity index is 155. The summed E-state index contributed by atoms with van der Waals surface area (Å²) in [6.45, 7) is 2.41. The second kappa shape index (κ2) is 3.43. The molecule has 2 aliphatic rings. The topological polar surface area (TPSA) is 0 Å². The van der Waals surface area contributed by atoms with E-state index < -0.39 is 0 Å². The molecule has 0 aromatic rings. The Labute approximate surface area is 77.4 Å². The summed E-state index contributed by atoms with van der Waals surface area (Å²) in [5.41, 5.74) is 0. The lowest BCUT2D eigenvalue weighted by molar-refractivity contribution is 0.456. The van der Waals surface area contributed by atoms with Gasteiger partial charge in [0.15, 0.2) is 0 Å². The molecule has 2 saturated heterocycles. The van der Waals surface area contributed by atoms with E-state index in [1.807, 2.05) is 0 Å². The molecule has 0 nitrogen and oxygen atoms in total. The van der Waals surface area contributed by atoms with Gasteiger partial charge in [-0.2, -0.15) is 0 Å². The molecule has 0 spiro atoms. The van der Waals surface area contributed by atoms with Gasteiger partial charge < -0.3 is 0 Å². The van der Waals surface area contributed by atoms with Gasteiger partial charge in [0, 0.05) is 0 Å². The molecule has 0 N–H and O–H groups in total. The molecule has 2 aliphatic heterocycles. The van der Waals surface area contributed by atoms with E-state index in [-0.39, 0.29) is 0 Å². The molecule has 2 heterocycles. The van der Waals surface area contributed by atoms with Crippen molar-refractivity contribution in [2.24, 2.45) is 0 Å². The summed E-state index contributed by atoms with van der Waals surface area (Å²) in [6.07, 6.45) is 12.2. The van der Waals surface area contributed by atoms with Crippen molar-refractivity contribution < 1.29 is 0 Å². The molecule has 2 atom stereocenters. The van der Waals surface area contributed by atoms with E-state index in [2.05, 4.69) is 6.92 Å². The molecule has 2 bridgehead atoms. The van der Waals surface area contributed by atoms with E-state index in [0.717, 1.165) is 11.1 Å². The van der Waals surface area contributed by atoms with Gasteiger partial charge in [0.25, 0.3) is 0 Å². The van der Waals surface area contributed by atoms with E-state index in [1.54, 1.807) is 33.0 Å². The van der Waals surface area contributed by atoms with Crippen molar-refractivity contribution in [3.63, 3.8) is 0 Å². The molecule has 0 radical (unpaired) electrons. The highest BCUT2D eigenvalue weighted by molar-refractivity contribution is 6.43. The lowest BCUT2D eigenvalue weighted by Crippen LogP contribution is -2.17. The van der Waals surface area contributed by atoms with Crippen LogP contribution in [0, 0.1) is 0 Å². The Balaban J connectivity index is 2.03. The highest BCUT2D eigenvalue weighted by Crippen LogP contribution is 2.53. The van der Waals surface area contributed by atoms with E-state index >= 15 is 0 Å². The average molecular weight is 164 g/mol. The lowest BCUT2D eigenvalue weighted by Gasteiger charge is -2.28. The standard InChI is InChI=1S/C11H21B/c1-2-11-8-5-3-4-6-10(12-11)7-9-11/h10,12H,2-9H2,1H3. The number of hydrogen-bond acceptors (Lipinski definition) is 0. The summed E-state index contributed by atoms with van der Waals surface area (Å²) >= 11 is 0. The van der Waals surface area contributed by atoms with Crippen molar-refractivity contribution in [2.75, 3.05) is 0 Å². The van der Waals surface area contributed by atoms with E-state index in [0.29, 0.717) is 0 Å². The van der Waals surface area contributed by atoms with Gasteiger partial charge in [-0.05, 0) is 0 Å². The van der Waals surface area contributed by atoms with Crippen LogP contribution in [0.1, 0.15) is 58.3 Å². The number of rotatable bonds is 1. The number of hydrogen-bond donors (Lipinski definition) is 0. The van der Waals surface area contributed by atoms with E-state index in [1.165, 1.54) is 25.7 Å². The summed E-state index contributed by atoms with van der Waals surface area (Å²) in [4.78, 5) is 0. The molecule has 2 rings (SSSR count). The van der Waals surface area contributed by atoms with Crippen LogP contribution in [0.15, 0.2) is 0 Å². The fourth-order valence-electron chi connectivity index (χ4n) is 3.41. The molecule has 0 aliphatic carbocycles. The Morgan fingerprint density at radius 3 is 2.92 bits per heavy atom. The summed E-state index contributed by atoms with van der Waals surface area (Å²) < 4.78 is 0. The summed E-state index contributed by atoms with van der Waals surface area (Å²) in [7, 11) is 1.57. The second-order valence-electron chi connectivity index (χ2n) is 5.06. The Kier molecular flexibility index (Phi) is 2.48. The van der Waals surface area contributed by atoms with Crippen molar-refractivity contribution in [1.82, 2.24) is 0 Å². The van der Waals surface area contributed by atoms with Crippen LogP contribution in [-0.2, 0) is 0 Å². The van der Waals surface area contributed by atoms with Gasteiger partial charge in [0.2, 0.25) is 0 Å². The maximum Gasteiger partial charge on any atom is 0.131 e. The van der Waals surface area contributed by atoms with Crippen LogP contribution in [-0.4, -0.2) is 7.28 Å². The van der Waals surface area contributed by atoms with Gasteiger partial charge in [0.05, 0.1) is 0 Å². The third-order valence-electron chi connectivity index (χ3n) is 4.37. The Morgan fingerprint density at radius 1 is 1.17 bits per heavy atom. The van der Waals surface area contributed by atoms with Gasteiger partial charge >= 0.3 is 0 Å². The largest absolute Gasteiger partial charge is 0.131 e. The van der Waals surface area contributed by atoms with Gasteiger partial charge in [-0.15, -0.1) is 0 Å². The van der Waals surface area contributed by atoms with Crippen molar-refractivity contribution >= 4 is 7.28 Å². The van der Waals surface area contributed by atoms with Crippen LogP contribution in [0.5, 0.6) is 0 Å². The van der Waals surface area contributed by atoms with Crippen LogP contribution >= 0.6 is 0 Å². The summed E-state index contributed by atoms with van der Waals surface area (Å²) in [5.74, 6) is 1.12. The minimum atomic E-state index is 0.811. The zero-order chi connectivity index (χ0) is 8.44. The van der Waals surface area contributed by atoms with Crippen molar-refractivity contribution in [2.45, 2.75) is 69.4 Å². The van der Waals surface area contributed by atoms with Crippen molar-refractivity contribution in [3.05, 3.63) is 0 Å². The van der Waals surface area contributed by atoms with Crippen LogP contribution in [0.4, 0.5) is 0 Å². The fourth-order valence-corrected chi connectivity index (χ4v) is 3.41. The van der Waals surface area contributed by atoms with E-state index in [4.69, 9.17) is 0 Å². The van der Waals surface area contributed by atoms with Crippen LogP contribution in [0.2, 0.25) is 11.1 Å². The summed E-state index contributed by atoms with van der Waals surface area (Å²) in [6, 6.07) is 0. The molecular weight excluding hydrogens is 143 g/mol. The third-order valence-corrected chi connectivity index (χ3v) is 4.37. The Morgan fingerprint density at radius 2 is 2.08 bits per heavy atom. The van der Waals surface area contributed by atoms with Gasteiger partial charge in [-0.25, -0.2) is 0 Å². The highest BCUT2D eigenvalue weighted by Gasteiger charge is 2.38. The quantitative estimate of drug-likeness (QED) is 0.520. The molecule has 12 heavy (non-hydrogen) atoms. The maximum absolute atomic E-state index is 2.41. The molecule has 0 aromatic heterocycles. The molecule has 0 amide bonds. The van der Waals surface area contributed by atoms with Gasteiger partial charge in [0.1, 0.15) is 7.28 Å². The number of fused-ring (bicyclic) bond motifs is 2. The normalized spacial score (nSPS) is 41.6. The zero-order valence-corrected chi connectivity index (χ0v) is 8.44. The maximum atomic E-state index is 2.41. The monoisotopic (exact) mass is 164 g/mol. The SMILES string of the molecule is CCC12BC(CCCCC1)CC2. The smallest absolute Gasteiger partial charge is 0.0655 e.